The van der Waals surface area contributed by atoms with Crippen molar-refractivity contribution >= 4 is 33.0 Å². The summed E-state index contributed by atoms with van der Waals surface area (Å²) in [5, 5.41) is 2.06. The molecule has 0 saturated carbocycles. The first-order valence-electron chi connectivity index (χ1n) is 3.80. The third kappa shape index (κ3) is 1.60. The molecule has 0 spiro atoms. The molecule has 0 amide bonds. The van der Waals surface area contributed by atoms with Gasteiger partial charge in [0.15, 0.2) is 6.29 Å². The predicted molar refractivity (Wildman–Crippen MR) is 54.8 cm³/mol. The molecule has 0 unspecified atom stereocenters. The second-order valence-corrected chi connectivity index (χ2v) is 3.63. The Bertz CT molecular complexity index is 467. The molecular weight excluding hydrogens is 230 g/mol. The Balaban J connectivity index is 2.74. The SMILES string of the molecule is O=Cc1cc2cc(Br)ccc2cn1. The second kappa shape index (κ2) is 3.26. The van der Waals surface area contributed by atoms with Gasteiger partial charge < -0.3 is 0 Å². The Labute approximate surface area is 83.7 Å². The van der Waals surface area contributed by atoms with Crippen molar-refractivity contribution in [3.8, 4) is 0 Å². The zero-order valence-electron chi connectivity index (χ0n) is 6.70. The summed E-state index contributed by atoms with van der Waals surface area (Å²) in [4.78, 5) is 14.4. The minimum atomic E-state index is 0.464. The highest BCUT2D eigenvalue weighted by Gasteiger charge is 1.96. The third-order valence-corrected chi connectivity index (χ3v) is 2.32. The number of carbonyl (C=O) groups excluding carboxylic acids is 1. The zero-order valence-corrected chi connectivity index (χ0v) is 8.28. The van der Waals surface area contributed by atoms with Crippen LogP contribution in [-0.4, -0.2) is 11.3 Å². The van der Waals surface area contributed by atoms with Crippen LogP contribution in [0.15, 0.2) is 34.9 Å². The lowest BCUT2D eigenvalue weighted by atomic mass is 10.1. The summed E-state index contributed by atoms with van der Waals surface area (Å²) in [5.41, 5.74) is 0.464. The zero-order chi connectivity index (χ0) is 9.26. The van der Waals surface area contributed by atoms with Crippen molar-refractivity contribution in [3.05, 3.63) is 40.6 Å². The maximum absolute atomic E-state index is 10.5. The average Bonchev–Trinajstić information content (AvgIpc) is 2.16. The highest BCUT2D eigenvalue weighted by Crippen LogP contribution is 2.19. The number of aromatic nitrogens is 1. The predicted octanol–water partition coefficient (Wildman–Crippen LogP) is 2.81. The van der Waals surface area contributed by atoms with E-state index >= 15 is 0 Å². The summed E-state index contributed by atoms with van der Waals surface area (Å²) in [5.74, 6) is 0. The first-order chi connectivity index (χ1) is 6.29. The van der Waals surface area contributed by atoms with E-state index in [0.29, 0.717) is 5.69 Å². The van der Waals surface area contributed by atoms with E-state index in [-0.39, 0.29) is 0 Å². The molecule has 0 bridgehead atoms. The Kier molecular flexibility index (Phi) is 2.10. The molecule has 13 heavy (non-hydrogen) atoms. The molecule has 0 atom stereocenters. The van der Waals surface area contributed by atoms with Crippen molar-refractivity contribution in [1.29, 1.82) is 0 Å². The van der Waals surface area contributed by atoms with Gasteiger partial charge in [-0.1, -0.05) is 22.0 Å². The number of hydrogen-bond donors (Lipinski definition) is 0. The average molecular weight is 236 g/mol. The van der Waals surface area contributed by atoms with E-state index in [9.17, 15) is 4.79 Å². The fraction of sp³-hybridized carbons (Fsp3) is 0. The molecule has 0 aliphatic rings. The Morgan fingerprint density at radius 3 is 2.85 bits per heavy atom. The molecular formula is C10H6BrNO. The van der Waals surface area contributed by atoms with E-state index in [1.807, 2.05) is 18.2 Å². The molecule has 0 fully saturated rings. The number of aldehydes is 1. The lowest BCUT2D eigenvalue weighted by Crippen LogP contribution is -1.85. The van der Waals surface area contributed by atoms with Crippen LogP contribution in [0, 0.1) is 0 Å². The molecule has 1 heterocycles. The molecule has 64 valence electrons. The van der Waals surface area contributed by atoms with Gasteiger partial charge in [-0.25, -0.2) is 0 Å². The van der Waals surface area contributed by atoms with Crippen molar-refractivity contribution in [2.24, 2.45) is 0 Å². The summed E-state index contributed by atoms with van der Waals surface area (Å²) in [6.07, 6.45) is 2.45. The van der Waals surface area contributed by atoms with E-state index in [2.05, 4.69) is 20.9 Å². The molecule has 0 N–H and O–H groups in total. The van der Waals surface area contributed by atoms with Crippen LogP contribution in [0.4, 0.5) is 0 Å². The van der Waals surface area contributed by atoms with Gasteiger partial charge in [0.1, 0.15) is 5.69 Å². The van der Waals surface area contributed by atoms with Crippen LogP contribution in [0.3, 0.4) is 0 Å². The molecule has 3 heteroatoms. The van der Waals surface area contributed by atoms with Crippen LogP contribution in [-0.2, 0) is 0 Å². The van der Waals surface area contributed by atoms with Gasteiger partial charge in [0.25, 0.3) is 0 Å². The molecule has 0 aliphatic carbocycles. The van der Waals surface area contributed by atoms with Crippen LogP contribution >= 0.6 is 15.9 Å². The Morgan fingerprint density at radius 1 is 1.23 bits per heavy atom. The number of hydrogen-bond acceptors (Lipinski definition) is 2. The monoisotopic (exact) mass is 235 g/mol. The van der Waals surface area contributed by atoms with E-state index < -0.39 is 0 Å². The van der Waals surface area contributed by atoms with Crippen molar-refractivity contribution in [1.82, 2.24) is 4.98 Å². The lowest BCUT2D eigenvalue weighted by molar-refractivity contribution is 0.111. The first-order valence-corrected chi connectivity index (χ1v) is 4.59. The third-order valence-electron chi connectivity index (χ3n) is 1.83. The van der Waals surface area contributed by atoms with Gasteiger partial charge >= 0.3 is 0 Å². The number of benzene rings is 1. The molecule has 0 aliphatic heterocycles. The van der Waals surface area contributed by atoms with Crippen molar-refractivity contribution in [2.75, 3.05) is 0 Å². The highest BCUT2D eigenvalue weighted by atomic mass is 79.9. The molecule has 0 radical (unpaired) electrons. The lowest BCUT2D eigenvalue weighted by Gasteiger charge is -1.97. The van der Waals surface area contributed by atoms with Crippen LogP contribution in [0.5, 0.6) is 0 Å². The molecule has 2 nitrogen and oxygen atoms in total. The maximum atomic E-state index is 10.5. The van der Waals surface area contributed by atoms with Gasteiger partial charge in [-0.3, -0.25) is 9.78 Å². The molecule has 2 aromatic rings. The number of halogens is 1. The molecule has 2 rings (SSSR count). The first kappa shape index (κ1) is 8.38. The van der Waals surface area contributed by atoms with Gasteiger partial charge in [0.05, 0.1) is 0 Å². The van der Waals surface area contributed by atoms with E-state index in [4.69, 9.17) is 0 Å². The molecule has 1 aromatic heterocycles. The topological polar surface area (TPSA) is 30.0 Å². The Morgan fingerprint density at radius 2 is 2.08 bits per heavy atom. The minimum absolute atomic E-state index is 0.464. The summed E-state index contributed by atoms with van der Waals surface area (Å²) < 4.78 is 1.00. The summed E-state index contributed by atoms with van der Waals surface area (Å²) in [6.45, 7) is 0. The minimum Gasteiger partial charge on any atom is -0.296 e. The number of fused-ring (bicyclic) bond motifs is 1. The number of carbonyl (C=O) groups is 1. The summed E-state index contributed by atoms with van der Waals surface area (Å²) in [7, 11) is 0. The quantitative estimate of drug-likeness (QED) is 0.712. The Hall–Kier alpha value is -1.22. The normalized spacial score (nSPS) is 10.2. The maximum Gasteiger partial charge on any atom is 0.168 e. The van der Waals surface area contributed by atoms with E-state index in [1.54, 1.807) is 12.3 Å². The van der Waals surface area contributed by atoms with Gasteiger partial charge in [0, 0.05) is 16.1 Å². The summed E-state index contributed by atoms with van der Waals surface area (Å²) >= 11 is 3.37. The fourth-order valence-electron chi connectivity index (χ4n) is 1.19. The van der Waals surface area contributed by atoms with Gasteiger partial charge in [-0.2, -0.15) is 0 Å². The van der Waals surface area contributed by atoms with Crippen molar-refractivity contribution < 1.29 is 4.79 Å². The van der Waals surface area contributed by atoms with Gasteiger partial charge in [-0.05, 0) is 23.6 Å². The van der Waals surface area contributed by atoms with Crippen LogP contribution in [0.25, 0.3) is 10.8 Å². The number of rotatable bonds is 1. The standard InChI is InChI=1S/C10H6BrNO/c11-9-2-1-7-5-12-10(6-13)4-8(7)3-9/h1-6H. The molecule has 0 saturated heterocycles. The van der Waals surface area contributed by atoms with Crippen molar-refractivity contribution in [2.45, 2.75) is 0 Å². The second-order valence-electron chi connectivity index (χ2n) is 2.72. The van der Waals surface area contributed by atoms with Crippen LogP contribution in [0.2, 0.25) is 0 Å². The smallest absolute Gasteiger partial charge is 0.168 e. The van der Waals surface area contributed by atoms with Gasteiger partial charge in [-0.15, -0.1) is 0 Å². The van der Waals surface area contributed by atoms with Crippen LogP contribution in [0.1, 0.15) is 10.5 Å². The molecule has 1 aromatic carbocycles. The highest BCUT2D eigenvalue weighted by molar-refractivity contribution is 9.10. The number of nitrogens with zero attached hydrogens (tertiary/aromatic N) is 1. The van der Waals surface area contributed by atoms with E-state index in [0.717, 1.165) is 21.5 Å². The van der Waals surface area contributed by atoms with E-state index in [1.165, 1.54) is 0 Å². The number of pyridine rings is 1. The van der Waals surface area contributed by atoms with Gasteiger partial charge in [0.2, 0.25) is 0 Å². The largest absolute Gasteiger partial charge is 0.296 e. The fourth-order valence-corrected chi connectivity index (χ4v) is 1.57. The summed E-state index contributed by atoms with van der Waals surface area (Å²) in [6, 6.07) is 7.64. The van der Waals surface area contributed by atoms with Crippen molar-refractivity contribution in [3.63, 3.8) is 0 Å². The van der Waals surface area contributed by atoms with Crippen LogP contribution < -0.4 is 0 Å².